The van der Waals surface area contributed by atoms with E-state index in [2.05, 4.69) is 84.2 Å². The molecule has 0 saturated carbocycles. The summed E-state index contributed by atoms with van der Waals surface area (Å²) in [6.45, 7) is 0. The van der Waals surface area contributed by atoms with Crippen LogP contribution in [0.4, 0.5) is 11.4 Å². The zero-order valence-corrected chi connectivity index (χ0v) is 16.2. The van der Waals surface area contributed by atoms with Crippen LogP contribution in [0.3, 0.4) is 0 Å². The van der Waals surface area contributed by atoms with Crippen LogP contribution in [-0.4, -0.2) is 13.1 Å². The second-order valence-corrected chi connectivity index (χ2v) is 7.37. The van der Waals surface area contributed by atoms with Crippen LogP contribution in [0.15, 0.2) is 78.9 Å². The van der Waals surface area contributed by atoms with Gasteiger partial charge in [0.05, 0.1) is 7.11 Å². The van der Waals surface area contributed by atoms with E-state index in [0.29, 0.717) is 12.8 Å². The Bertz CT molecular complexity index is 1310. The molecule has 3 heteroatoms. The van der Waals surface area contributed by atoms with Crippen LogP contribution < -0.4 is 5.32 Å². The third-order valence-electron chi connectivity index (χ3n) is 5.61. The Morgan fingerprint density at radius 1 is 0.793 bits per heavy atom. The lowest BCUT2D eigenvalue weighted by Crippen LogP contribution is -2.01. The fourth-order valence-corrected chi connectivity index (χ4v) is 4.10. The third kappa shape index (κ3) is 3.15. The topological polar surface area (TPSA) is 38.3 Å². The fraction of sp³-hybridized carbons (Fsp3) is 0.115. The number of hydrogen-bond donors (Lipinski definition) is 1. The molecule has 1 N–H and O–H groups in total. The van der Waals surface area contributed by atoms with Crippen molar-refractivity contribution in [1.82, 2.24) is 0 Å². The van der Waals surface area contributed by atoms with Gasteiger partial charge in [0.15, 0.2) is 0 Å². The summed E-state index contributed by atoms with van der Waals surface area (Å²) >= 11 is 0. The minimum atomic E-state index is -0.180. The number of carbonyl (C=O) groups is 1. The van der Waals surface area contributed by atoms with Gasteiger partial charge in [-0.2, -0.15) is 0 Å². The standard InChI is InChI=1S/C26H21NO2/c1-29-24(28)16-7-17-5-12-21(13-6-17)27-23-15-11-20-9-8-18-3-2-4-19-10-14-22(23)26(20)25(18)19/h2-6,8-15,27H,7,16H2,1H3. The monoisotopic (exact) mass is 379 g/mol. The zero-order valence-electron chi connectivity index (χ0n) is 16.2. The molecular weight excluding hydrogens is 358 g/mol. The van der Waals surface area contributed by atoms with E-state index in [4.69, 9.17) is 4.74 Å². The Morgan fingerprint density at radius 2 is 1.45 bits per heavy atom. The second-order valence-electron chi connectivity index (χ2n) is 7.37. The van der Waals surface area contributed by atoms with Crippen molar-refractivity contribution in [3.63, 3.8) is 0 Å². The highest BCUT2D eigenvalue weighted by Gasteiger charge is 2.11. The van der Waals surface area contributed by atoms with Crippen molar-refractivity contribution in [2.24, 2.45) is 0 Å². The van der Waals surface area contributed by atoms with Crippen molar-refractivity contribution in [2.45, 2.75) is 12.8 Å². The molecule has 0 aliphatic heterocycles. The van der Waals surface area contributed by atoms with Gasteiger partial charge in [0.25, 0.3) is 0 Å². The van der Waals surface area contributed by atoms with Gasteiger partial charge in [-0.3, -0.25) is 4.79 Å². The SMILES string of the molecule is COC(=O)CCc1ccc(Nc2ccc3ccc4cccc5ccc2c3c45)cc1. The molecule has 0 bridgehead atoms. The smallest absolute Gasteiger partial charge is 0.305 e. The predicted molar refractivity (Wildman–Crippen MR) is 120 cm³/mol. The highest BCUT2D eigenvalue weighted by atomic mass is 16.5. The number of nitrogens with one attached hydrogen (secondary N) is 1. The van der Waals surface area contributed by atoms with Crippen LogP contribution in [0, 0.1) is 0 Å². The number of esters is 1. The molecule has 0 spiro atoms. The average Bonchev–Trinajstić information content (AvgIpc) is 2.77. The van der Waals surface area contributed by atoms with E-state index in [9.17, 15) is 4.79 Å². The first-order chi connectivity index (χ1) is 14.2. The minimum absolute atomic E-state index is 0.180. The van der Waals surface area contributed by atoms with Gasteiger partial charge in [0.1, 0.15) is 0 Å². The van der Waals surface area contributed by atoms with Crippen LogP contribution in [0.2, 0.25) is 0 Å². The van der Waals surface area contributed by atoms with Crippen molar-refractivity contribution < 1.29 is 9.53 Å². The van der Waals surface area contributed by atoms with Crippen molar-refractivity contribution in [3.05, 3.63) is 84.4 Å². The molecule has 0 aliphatic rings. The van der Waals surface area contributed by atoms with E-state index < -0.39 is 0 Å². The Balaban J connectivity index is 1.50. The van der Waals surface area contributed by atoms with Crippen LogP contribution in [0.25, 0.3) is 32.3 Å². The quantitative estimate of drug-likeness (QED) is 0.282. The third-order valence-corrected chi connectivity index (χ3v) is 5.61. The molecule has 0 aromatic heterocycles. The fourth-order valence-electron chi connectivity index (χ4n) is 4.10. The van der Waals surface area contributed by atoms with Crippen LogP contribution in [0.5, 0.6) is 0 Å². The number of anilines is 2. The number of aryl methyl sites for hydroxylation is 1. The van der Waals surface area contributed by atoms with E-state index in [1.54, 1.807) is 0 Å². The largest absolute Gasteiger partial charge is 0.469 e. The maximum atomic E-state index is 11.3. The molecular formula is C26H21NO2. The predicted octanol–water partition coefficient (Wildman–Crippen LogP) is 6.43. The summed E-state index contributed by atoms with van der Waals surface area (Å²) in [5.74, 6) is -0.180. The Kier molecular flexibility index (Phi) is 4.28. The molecule has 0 fully saturated rings. The summed E-state index contributed by atoms with van der Waals surface area (Å²) in [4.78, 5) is 11.3. The zero-order chi connectivity index (χ0) is 19.8. The van der Waals surface area contributed by atoms with Gasteiger partial charge in [-0.25, -0.2) is 0 Å². The first kappa shape index (κ1) is 17.5. The molecule has 29 heavy (non-hydrogen) atoms. The van der Waals surface area contributed by atoms with Gasteiger partial charge in [-0.05, 0) is 57.1 Å². The summed E-state index contributed by atoms with van der Waals surface area (Å²) < 4.78 is 4.71. The van der Waals surface area contributed by atoms with Crippen molar-refractivity contribution in [1.29, 1.82) is 0 Å². The number of ether oxygens (including phenoxy) is 1. The number of hydrogen-bond acceptors (Lipinski definition) is 3. The number of methoxy groups -OCH3 is 1. The maximum Gasteiger partial charge on any atom is 0.305 e. The number of carbonyl (C=O) groups excluding carboxylic acids is 1. The molecule has 0 radical (unpaired) electrons. The normalized spacial score (nSPS) is 11.3. The van der Waals surface area contributed by atoms with E-state index in [1.165, 1.54) is 39.4 Å². The van der Waals surface area contributed by atoms with Crippen molar-refractivity contribution in [2.75, 3.05) is 12.4 Å². The Hall–Kier alpha value is -3.59. The van der Waals surface area contributed by atoms with E-state index in [0.717, 1.165) is 16.9 Å². The summed E-state index contributed by atoms with van der Waals surface area (Å²) in [5.41, 5.74) is 3.25. The highest BCUT2D eigenvalue weighted by Crippen LogP contribution is 2.38. The van der Waals surface area contributed by atoms with Gasteiger partial charge in [0, 0.05) is 23.2 Å². The van der Waals surface area contributed by atoms with Gasteiger partial charge in [-0.1, -0.05) is 60.7 Å². The first-order valence-corrected chi connectivity index (χ1v) is 9.82. The first-order valence-electron chi connectivity index (χ1n) is 9.82. The van der Waals surface area contributed by atoms with Gasteiger partial charge >= 0.3 is 5.97 Å². The van der Waals surface area contributed by atoms with Crippen LogP contribution in [0.1, 0.15) is 12.0 Å². The highest BCUT2D eigenvalue weighted by molar-refractivity contribution is 6.25. The molecule has 3 nitrogen and oxygen atoms in total. The summed E-state index contributed by atoms with van der Waals surface area (Å²) in [6.07, 6.45) is 1.09. The Labute approximate surface area is 169 Å². The molecule has 0 unspecified atom stereocenters. The maximum absolute atomic E-state index is 11.3. The van der Waals surface area contributed by atoms with Crippen LogP contribution in [-0.2, 0) is 16.0 Å². The van der Waals surface area contributed by atoms with E-state index in [1.807, 2.05) is 0 Å². The summed E-state index contributed by atoms with van der Waals surface area (Å²) in [6, 6.07) is 27.8. The molecule has 142 valence electrons. The molecule has 0 heterocycles. The van der Waals surface area contributed by atoms with Crippen LogP contribution >= 0.6 is 0 Å². The molecule has 5 rings (SSSR count). The molecule has 0 amide bonds. The second kappa shape index (κ2) is 7.10. The number of benzene rings is 5. The lowest BCUT2D eigenvalue weighted by Gasteiger charge is -2.15. The van der Waals surface area contributed by atoms with Crippen molar-refractivity contribution in [3.8, 4) is 0 Å². The Morgan fingerprint density at radius 3 is 2.17 bits per heavy atom. The van der Waals surface area contributed by atoms with E-state index in [-0.39, 0.29) is 5.97 Å². The lowest BCUT2D eigenvalue weighted by atomic mass is 9.93. The molecule has 5 aromatic carbocycles. The summed E-state index contributed by atoms with van der Waals surface area (Å²) in [5, 5.41) is 11.2. The van der Waals surface area contributed by atoms with E-state index >= 15 is 0 Å². The average molecular weight is 379 g/mol. The lowest BCUT2D eigenvalue weighted by molar-refractivity contribution is -0.140. The molecule has 0 saturated heterocycles. The molecule has 5 aromatic rings. The van der Waals surface area contributed by atoms with Gasteiger partial charge in [0.2, 0.25) is 0 Å². The minimum Gasteiger partial charge on any atom is -0.469 e. The number of rotatable bonds is 5. The van der Waals surface area contributed by atoms with Gasteiger partial charge in [-0.15, -0.1) is 0 Å². The van der Waals surface area contributed by atoms with Crippen molar-refractivity contribution >= 4 is 49.7 Å². The molecule has 0 atom stereocenters. The molecule has 0 aliphatic carbocycles. The van der Waals surface area contributed by atoms with Gasteiger partial charge < -0.3 is 10.1 Å². The summed E-state index contributed by atoms with van der Waals surface area (Å²) in [7, 11) is 1.42.